The topological polar surface area (TPSA) is 42.3 Å². The van der Waals surface area contributed by atoms with Gasteiger partial charge in [0.05, 0.1) is 17.8 Å². The van der Waals surface area contributed by atoms with Gasteiger partial charge < -0.3 is 19.5 Å². The van der Waals surface area contributed by atoms with Gasteiger partial charge in [-0.2, -0.15) is 0 Å². The Morgan fingerprint density at radius 2 is 2.00 bits per heavy atom. The number of hydrogen-bond acceptors (Lipinski definition) is 3. The minimum absolute atomic E-state index is 0.00928. The summed E-state index contributed by atoms with van der Waals surface area (Å²) in [6, 6.07) is 18.6. The van der Waals surface area contributed by atoms with Crippen molar-refractivity contribution in [2.24, 2.45) is 0 Å². The number of pyridine rings is 1. The molecular weight excluding hydrogens is 460 g/mol. The summed E-state index contributed by atoms with van der Waals surface area (Å²) in [6.45, 7) is 1.71. The molecule has 2 aliphatic rings. The number of benzene rings is 1. The minimum Gasteiger partial charge on any atom is -0.376 e. The fourth-order valence-corrected chi connectivity index (χ4v) is 5.02. The van der Waals surface area contributed by atoms with Crippen LogP contribution >= 0.6 is 28.1 Å². The van der Waals surface area contributed by atoms with Crippen LogP contribution < -0.4 is 10.2 Å². The van der Waals surface area contributed by atoms with Crippen LogP contribution in [0.4, 0.5) is 5.69 Å². The van der Waals surface area contributed by atoms with E-state index in [0.29, 0.717) is 5.11 Å². The molecule has 0 saturated carbocycles. The number of thiocarbonyl (C=S) groups is 1. The number of hydrogen-bond donors (Lipinski definition) is 1. The molecule has 7 heteroatoms. The molecule has 0 bridgehead atoms. The largest absolute Gasteiger partial charge is 0.376 e. The Labute approximate surface area is 190 Å². The van der Waals surface area contributed by atoms with E-state index in [-0.39, 0.29) is 18.2 Å². The monoisotopic (exact) mass is 482 g/mol. The van der Waals surface area contributed by atoms with Gasteiger partial charge in [0.1, 0.15) is 6.04 Å². The van der Waals surface area contributed by atoms with Crippen LogP contribution in [-0.4, -0.2) is 27.4 Å². The van der Waals surface area contributed by atoms with Crippen molar-refractivity contribution in [3.63, 3.8) is 0 Å². The zero-order valence-corrected chi connectivity index (χ0v) is 18.8. The highest BCUT2D eigenvalue weighted by Crippen LogP contribution is 2.42. The molecular formula is C23H23BrN4OS. The van der Waals surface area contributed by atoms with E-state index in [9.17, 15) is 0 Å². The van der Waals surface area contributed by atoms with Gasteiger partial charge in [-0.1, -0.05) is 22.0 Å². The van der Waals surface area contributed by atoms with Crippen molar-refractivity contribution < 1.29 is 4.74 Å². The molecule has 2 saturated heterocycles. The molecule has 0 unspecified atom stereocenters. The maximum atomic E-state index is 5.91. The maximum Gasteiger partial charge on any atom is 0.174 e. The summed E-state index contributed by atoms with van der Waals surface area (Å²) < 4.78 is 9.27. The van der Waals surface area contributed by atoms with Crippen LogP contribution in [0.3, 0.4) is 0 Å². The molecule has 2 aliphatic heterocycles. The van der Waals surface area contributed by atoms with E-state index >= 15 is 0 Å². The second kappa shape index (κ2) is 8.49. The number of halogens is 1. The number of aromatic nitrogens is 2. The van der Waals surface area contributed by atoms with Crippen LogP contribution in [0.1, 0.15) is 36.3 Å². The first-order valence-corrected chi connectivity index (χ1v) is 11.4. The predicted octanol–water partition coefficient (Wildman–Crippen LogP) is 5.00. The summed E-state index contributed by atoms with van der Waals surface area (Å²) in [4.78, 5) is 6.85. The van der Waals surface area contributed by atoms with Gasteiger partial charge in [-0.05, 0) is 73.6 Å². The van der Waals surface area contributed by atoms with Gasteiger partial charge in [0.2, 0.25) is 0 Å². The lowest BCUT2D eigenvalue weighted by Crippen LogP contribution is -2.31. The summed E-state index contributed by atoms with van der Waals surface area (Å²) in [7, 11) is 0. The third-order valence-electron chi connectivity index (χ3n) is 5.79. The van der Waals surface area contributed by atoms with Crippen molar-refractivity contribution in [2.75, 3.05) is 11.5 Å². The Bertz CT molecular complexity index is 1020. The Balaban J connectivity index is 1.57. The first-order chi connectivity index (χ1) is 14.7. The molecule has 2 aromatic heterocycles. The van der Waals surface area contributed by atoms with E-state index in [1.165, 1.54) is 5.69 Å². The smallest absolute Gasteiger partial charge is 0.174 e. The molecule has 154 valence electrons. The summed E-state index contributed by atoms with van der Waals surface area (Å²) >= 11 is 9.35. The van der Waals surface area contributed by atoms with Crippen molar-refractivity contribution in [1.82, 2.24) is 14.9 Å². The molecule has 0 radical (unpaired) electrons. The highest BCUT2D eigenvalue weighted by atomic mass is 79.9. The van der Waals surface area contributed by atoms with Crippen LogP contribution in [0.25, 0.3) is 0 Å². The van der Waals surface area contributed by atoms with E-state index in [0.717, 1.165) is 41.8 Å². The summed E-state index contributed by atoms with van der Waals surface area (Å²) in [5, 5.41) is 4.24. The van der Waals surface area contributed by atoms with Crippen molar-refractivity contribution in [3.05, 3.63) is 82.9 Å². The number of anilines is 1. The summed E-state index contributed by atoms with van der Waals surface area (Å²) in [5.41, 5.74) is 3.25. The zero-order valence-electron chi connectivity index (χ0n) is 16.4. The van der Waals surface area contributed by atoms with Crippen molar-refractivity contribution in [3.8, 4) is 0 Å². The average Bonchev–Trinajstić information content (AvgIpc) is 3.50. The molecule has 4 heterocycles. The van der Waals surface area contributed by atoms with E-state index in [2.05, 4.69) is 84.4 Å². The van der Waals surface area contributed by atoms with Crippen molar-refractivity contribution >= 4 is 38.9 Å². The molecule has 1 aromatic carbocycles. The highest BCUT2D eigenvalue weighted by molar-refractivity contribution is 9.10. The molecule has 2 fully saturated rings. The lowest BCUT2D eigenvalue weighted by molar-refractivity contribution is 0.0961. The van der Waals surface area contributed by atoms with Gasteiger partial charge in [0.15, 0.2) is 5.11 Å². The van der Waals surface area contributed by atoms with Crippen molar-refractivity contribution in [1.29, 1.82) is 0 Å². The standard InChI is InChI=1S/C23H23BrN4OS/c24-16-8-10-17(11-9-16)28-22(21(26-23(28)30)19-6-1-2-12-25-19)20-7-3-13-27(20)15-18-5-4-14-29-18/h1-3,6-13,18,21-22H,4-5,14-15H2,(H,26,30)/t18-,21-,22+/m0/s1. The van der Waals surface area contributed by atoms with Crippen LogP contribution in [0.15, 0.2) is 71.5 Å². The van der Waals surface area contributed by atoms with Gasteiger partial charge in [0.25, 0.3) is 0 Å². The average molecular weight is 483 g/mol. The highest BCUT2D eigenvalue weighted by Gasteiger charge is 2.42. The van der Waals surface area contributed by atoms with E-state index in [1.807, 2.05) is 18.3 Å². The van der Waals surface area contributed by atoms with Crippen LogP contribution in [0.5, 0.6) is 0 Å². The summed E-state index contributed by atoms with van der Waals surface area (Å²) in [6.07, 6.45) is 6.50. The Morgan fingerprint density at radius 3 is 2.73 bits per heavy atom. The molecule has 30 heavy (non-hydrogen) atoms. The number of nitrogens with zero attached hydrogens (tertiary/aromatic N) is 3. The first-order valence-electron chi connectivity index (χ1n) is 10.2. The fourth-order valence-electron chi connectivity index (χ4n) is 4.40. The van der Waals surface area contributed by atoms with Gasteiger partial charge in [-0.25, -0.2) is 0 Å². The molecule has 0 spiro atoms. The first kappa shape index (κ1) is 19.7. The molecule has 3 atom stereocenters. The third kappa shape index (κ3) is 3.77. The molecule has 5 nitrogen and oxygen atoms in total. The quantitative estimate of drug-likeness (QED) is 0.518. The minimum atomic E-state index is -0.0412. The number of ether oxygens (including phenoxy) is 1. The predicted molar refractivity (Wildman–Crippen MR) is 125 cm³/mol. The van der Waals surface area contributed by atoms with Crippen molar-refractivity contribution in [2.45, 2.75) is 37.6 Å². The van der Waals surface area contributed by atoms with Gasteiger partial charge in [0, 0.05) is 41.4 Å². The van der Waals surface area contributed by atoms with Gasteiger partial charge in [-0.15, -0.1) is 0 Å². The molecule has 0 aliphatic carbocycles. The molecule has 0 amide bonds. The third-order valence-corrected chi connectivity index (χ3v) is 6.64. The summed E-state index contributed by atoms with van der Waals surface area (Å²) in [5.74, 6) is 0. The normalized spacial score (nSPS) is 23.7. The SMILES string of the molecule is S=C1N[C@@H](c2ccccn2)[C@@H](c2cccn2C[C@@H]2CCCO2)N1c1ccc(Br)cc1. The van der Waals surface area contributed by atoms with Crippen LogP contribution in [0.2, 0.25) is 0 Å². The number of rotatable bonds is 5. The fraction of sp³-hybridized carbons (Fsp3) is 0.304. The molecule has 5 rings (SSSR count). The van der Waals surface area contributed by atoms with Gasteiger partial charge in [-0.3, -0.25) is 4.98 Å². The second-order valence-electron chi connectivity index (χ2n) is 7.69. The Morgan fingerprint density at radius 1 is 1.13 bits per heavy atom. The molecule has 3 aromatic rings. The molecule has 1 N–H and O–H groups in total. The number of nitrogens with one attached hydrogen (secondary N) is 1. The Kier molecular flexibility index (Phi) is 5.58. The lowest BCUT2D eigenvalue weighted by atomic mass is 10.0. The lowest BCUT2D eigenvalue weighted by Gasteiger charge is -2.29. The van der Waals surface area contributed by atoms with E-state index in [4.69, 9.17) is 17.0 Å². The van der Waals surface area contributed by atoms with Crippen LogP contribution in [-0.2, 0) is 11.3 Å². The Hall–Kier alpha value is -2.22. The van der Waals surface area contributed by atoms with Gasteiger partial charge >= 0.3 is 0 Å². The van der Waals surface area contributed by atoms with E-state index in [1.54, 1.807) is 0 Å². The maximum absolute atomic E-state index is 5.91. The van der Waals surface area contributed by atoms with E-state index < -0.39 is 0 Å². The zero-order chi connectivity index (χ0) is 20.5. The van der Waals surface area contributed by atoms with Crippen LogP contribution in [0, 0.1) is 0 Å². The second-order valence-corrected chi connectivity index (χ2v) is 9.00.